The molecule has 0 saturated carbocycles. The molecule has 1 atom stereocenters. The molecule has 0 spiro atoms. The minimum Gasteiger partial charge on any atom is -0.450 e. The monoisotopic (exact) mass is 575 g/mol. The fourth-order valence-electron chi connectivity index (χ4n) is 4.63. The predicted molar refractivity (Wildman–Crippen MR) is 159 cm³/mol. The van der Waals surface area contributed by atoms with Crippen LogP contribution < -0.4 is 10.7 Å². The zero-order valence-corrected chi connectivity index (χ0v) is 23.2. The molecule has 0 aliphatic rings. The number of aromatic amines is 1. The average Bonchev–Trinajstić information content (AvgIpc) is 3.51. The van der Waals surface area contributed by atoms with Crippen LogP contribution in [0.15, 0.2) is 84.2 Å². The van der Waals surface area contributed by atoms with Crippen molar-refractivity contribution < 1.29 is 14.3 Å². The largest absolute Gasteiger partial charge is 0.450 e. The number of rotatable bonds is 9. The molecule has 3 aromatic carbocycles. The summed E-state index contributed by atoms with van der Waals surface area (Å²) in [6.45, 7) is 2.43. The number of H-pyrrole nitrogens is 1. The number of benzene rings is 3. The molecule has 0 aliphatic carbocycles. The summed E-state index contributed by atoms with van der Waals surface area (Å²) in [4.78, 5) is 28.6. The Balaban J connectivity index is 1.35. The number of hydrogen-bond donors (Lipinski definition) is 3. The Hall–Kier alpha value is -4.27. The second-order valence-electron chi connectivity index (χ2n) is 9.18. The van der Waals surface area contributed by atoms with Gasteiger partial charge in [0.25, 0.3) is 5.91 Å². The fraction of sp³-hybridized carbons (Fsp3) is 0.167. The standard InChI is InChI=1S/C30H27Cl2N5O3/c1-2-40-30(39)35-27(13-20-15-33-26-9-5-3-7-23(20)26)29(38)36-34-16-21-18-37(28-10-6-4-8-24(21)28)17-19-11-12-22(31)14-25(19)32/h3-12,14-16,18,27,33H,2,13,17H2,1H3,(H,35,39)(H,36,38)/b34-16-/t27-/m1/s1. The van der Waals surface area contributed by atoms with Crippen molar-refractivity contribution in [3.8, 4) is 0 Å². The van der Waals surface area contributed by atoms with E-state index in [-0.39, 0.29) is 13.0 Å². The van der Waals surface area contributed by atoms with Crippen molar-refractivity contribution >= 4 is 63.2 Å². The van der Waals surface area contributed by atoms with E-state index < -0.39 is 18.0 Å². The third kappa shape index (κ3) is 6.14. The number of para-hydroxylation sites is 2. The summed E-state index contributed by atoms with van der Waals surface area (Å²) >= 11 is 12.5. The van der Waals surface area contributed by atoms with E-state index in [1.807, 2.05) is 73.1 Å². The molecule has 0 unspecified atom stereocenters. The molecule has 0 radical (unpaired) electrons. The van der Waals surface area contributed by atoms with Crippen LogP contribution in [0.1, 0.15) is 23.6 Å². The van der Waals surface area contributed by atoms with Crippen LogP contribution in [0.3, 0.4) is 0 Å². The van der Waals surface area contributed by atoms with Gasteiger partial charge in [-0.2, -0.15) is 5.10 Å². The van der Waals surface area contributed by atoms with Gasteiger partial charge in [-0.3, -0.25) is 4.79 Å². The number of carbonyl (C=O) groups excluding carboxylic acids is 2. The summed E-state index contributed by atoms with van der Waals surface area (Å²) in [5.41, 5.74) is 7.14. The first-order valence-corrected chi connectivity index (χ1v) is 13.5. The number of hydrazone groups is 1. The lowest BCUT2D eigenvalue weighted by molar-refractivity contribution is -0.123. The molecule has 2 aromatic heterocycles. The van der Waals surface area contributed by atoms with Crippen LogP contribution in [0, 0.1) is 0 Å². The maximum atomic E-state index is 13.2. The summed E-state index contributed by atoms with van der Waals surface area (Å²) < 4.78 is 7.09. The Morgan fingerprint density at radius 1 is 1.05 bits per heavy atom. The molecule has 40 heavy (non-hydrogen) atoms. The maximum absolute atomic E-state index is 13.2. The molecule has 5 aromatic rings. The van der Waals surface area contributed by atoms with E-state index >= 15 is 0 Å². The minimum absolute atomic E-state index is 0.191. The fourth-order valence-corrected chi connectivity index (χ4v) is 5.10. The molecule has 0 fully saturated rings. The van der Waals surface area contributed by atoms with E-state index in [0.717, 1.165) is 38.5 Å². The Bertz CT molecular complexity index is 1710. The second-order valence-corrected chi connectivity index (χ2v) is 10.0. The molecule has 0 aliphatic heterocycles. The van der Waals surface area contributed by atoms with E-state index in [0.29, 0.717) is 16.6 Å². The second kappa shape index (κ2) is 12.3. The highest BCUT2D eigenvalue weighted by Crippen LogP contribution is 2.26. The van der Waals surface area contributed by atoms with Crippen molar-refractivity contribution in [1.82, 2.24) is 20.3 Å². The lowest BCUT2D eigenvalue weighted by Crippen LogP contribution is -2.47. The number of nitrogens with zero attached hydrogens (tertiary/aromatic N) is 2. The Kier molecular flexibility index (Phi) is 8.38. The summed E-state index contributed by atoms with van der Waals surface area (Å²) in [5, 5.41) is 9.98. The van der Waals surface area contributed by atoms with Crippen molar-refractivity contribution in [3.05, 3.63) is 106 Å². The number of alkyl carbamates (subject to hydrolysis) is 1. The van der Waals surface area contributed by atoms with Crippen LogP contribution in [-0.2, 0) is 22.5 Å². The van der Waals surface area contributed by atoms with Crippen LogP contribution in [0.2, 0.25) is 10.0 Å². The number of nitrogens with one attached hydrogen (secondary N) is 3. The third-order valence-electron chi connectivity index (χ3n) is 6.54. The summed E-state index contributed by atoms with van der Waals surface area (Å²) in [7, 11) is 0. The van der Waals surface area contributed by atoms with E-state index in [2.05, 4.69) is 25.4 Å². The van der Waals surface area contributed by atoms with E-state index in [1.54, 1.807) is 19.2 Å². The molecule has 10 heteroatoms. The SMILES string of the molecule is CCOC(=O)N[C@H](Cc1c[nH]c2ccccc12)C(=O)N/N=C\c1cn(Cc2ccc(Cl)cc2Cl)c2ccccc12. The van der Waals surface area contributed by atoms with Crippen molar-refractivity contribution in [2.45, 2.75) is 25.9 Å². The first-order valence-electron chi connectivity index (χ1n) is 12.8. The molecule has 204 valence electrons. The lowest BCUT2D eigenvalue weighted by Gasteiger charge is -2.16. The third-order valence-corrected chi connectivity index (χ3v) is 7.12. The molecule has 5 rings (SSSR count). The zero-order valence-electron chi connectivity index (χ0n) is 21.7. The smallest absolute Gasteiger partial charge is 0.407 e. The zero-order chi connectivity index (χ0) is 28.1. The number of fused-ring (bicyclic) bond motifs is 2. The summed E-state index contributed by atoms with van der Waals surface area (Å²) in [6.07, 6.45) is 4.96. The molecule has 2 heterocycles. The first kappa shape index (κ1) is 27.3. The highest BCUT2D eigenvalue weighted by molar-refractivity contribution is 6.35. The van der Waals surface area contributed by atoms with Crippen LogP contribution >= 0.6 is 23.2 Å². The molecule has 8 nitrogen and oxygen atoms in total. The van der Waals surface area contributed by atoms with Crippen molar-refractivity contribution in [1.29, 1.82) is 0 Å². The number of hydrogen-bond acceptors (Lipinski definition) is 4. The number of aromatic nitrogens is 2. The van der Waals surface area contributed by atoms with Crippen LogP contribution in [0.25, 0.3) is 21.8 Å². The van der Waals surface area contributed by atoms with E-state index in [1.165, 1.54) is 0 Å². The normalized spacial score (nSPS) is 12.2. The van der Waals surface area contributed by atoms with Crippen molar-refractivity contribution in [2.24, 2.45) is 5.10 Å². The highest BCUT2D eigenvalue weighted by Gasteiger charge is 2.23. The quantitative estimate of drug-likeness (QED) is 0.142. The molecule has 2 amide bonds. The van der Waals surface area contributed by atoms with Gasteiger partial charge in [0.1, 0.15) is 6.04 Å². The molecular weight excluding hydrogens is 549 g/mol. The Morgan fingerprint density at radius 2 is 1.82 bits per heavy atom. The Morgan fingerprint density at radius 3 is 2.62 bits per heavy atom. The molecule has 0 bridgehead atoms. The topological polar surface area (TPSA) is 101 Å². The first-order chi connectivity index (χ1) is 19.4. The van der Waals surface area contributed by atoms with Gasteiger partial charge >= 0.3 is 6.09 Å². The number of amides is 2. The van der Waals surface area contributed by atoms with Gasteiger partial charge in [0.05, 0.1) is 12.8 Å². The van der Waals surface area contributed by atoms with Crippen LogP contribution in [-0.4, -0.2) is 40.4 Å². The van der Waals surface area contributed by atoms with E-state index in [4.69, 9.17) is 27.9 Å². The van der Waals surface area contributed by atoms with Gasteiger partial charge in [0.2, 0.25) is 0 Å². The van der Waals surface area contributed by atoms with Gasteiger partial charge in [-0.25, -0.2) is 10.2 Å². The van der Waals surface area contributed by atoms with Gasteiger partial charge in [-0.1, -0.05) is 65.7 Å². The number of halogens is 2. The van der Waals surface area contributed by atoms with Gasteiger partial charge in [-0.05, 0) is 42.3 Å². The van der Waals surface area contributed by atoms with Crippen molar-refractivity contribution in [3.63, 3.8) is 0 Å². The summed E-state index contributed by atoms with van der Waals surface area (Å²) in [6, 6.07) is 20.2. The van der Waals surface area contributed by atoms with Gasteiger partial charge < -0.3 is 19.6 Å². The number of ether oxygens (including phenoxy) is 1. The van der Waals surface area contributed by atoms with E-state index in [9.17, 15) is 9.59 Å². The minimum atomic E-state index is -0.899. The molecule has 3 N–H and O–H groups in total. The Labute approximate surface area is 240 Å². The average molecular weight is 576 g/mol. The molecular formula is C30H27Cl2N5O3. The maximum Gasteiger partial charge on any atom is 0.407 e. The van der Waals surface area contributed by atoms with Crippen molar-refractivity contribution in [2.75, 3.05) is 6.61 Å². The van der Waals surface area contributed by atoms with Gasteiger partial charge in [0, 0.05) is 62.8 Å². The number of carbonyl (C=O) groups is 2. The van der Waals surface area contributed by atoms with Gasteiger partial charge in [-0.15, -0.1) is 0 Å². The molecule has 0 saturated heterocycles. The van der Waals surface area contributed by atoms with Crippen LogP contribution in [0.5, 0.6) is 0 Å². The van der Waals surface area contributed by atoms with Gasteiger partial charge in [0.15, 0.2) is 0 Å². The predicted octanol–water partition coefficient (Wildman–Crippen LogP) is 6.29. The lowest BCUT2D eigenvalue weighted by atomic mass is 10.0. The highest BCUT2D eigenvalue weighted by atomic mass is 35.5. The van der Waals surface area contributed by atoms with Crippen LogP contribution in [0.4, 0.5) is 4.79 Å². The summed E-state index contributed by atoms with van der Waals surface area (Å²) in [5.74, 6) is -0.466.